The predicted octanol–water partition coefficient (Wildman–Crippen LogP) is 0.157. The molecule has 54 valence electrons. The zero-order chi connectivity index (χ0) is 6.97. The summed E-state index contributed by atoms with van der Waals surface area (Å²) in [6.07, 6.45) is 5.97. The molecule has 0 fully saturated rings. The van der Waals surface area contributed by atoms with E-state index in [0.29, 0.717) is 6.04 Å². The molecule has 0 aromatic carbocycles. The molecule has 1 aliphatic rings. The maximum absolute atomic E-state index is 5.76. The second-order valence-electron chi connectivity index (χ2n) is 2.84. The molecule has 0 saturated heterocycles. The van der Waals surface area contributed by atoms with Crippen LogP contribution in [-0.2, 0) is 13.0 Å². The van der Waals surface area contributed by atoms with Gasteiger partial charge in [0.05, 0.1) is 6.33 Å². The van der Waals surface area contributed by atoms with E-state index in [1.807, 2.05) is 12.5 Å². The highest BCUT2D eigenvalue weighted by Gasteiger charge is 2.13. The summed E-state index contributed by atoms with van der Waals surface area (Å²) in [4.78, 5) is 4.05. The first-order chi connectivity index (χ1) is 4.86. The van der Waals surface area contributed by atoms with Gasteiger partial charge < -0.3 is 10.3 Å². The lowest BCUT2D eigenvalue weighted by Gasteiger charge is -2.19. The van der Waals surface area contributed by atoms with Crippen LogP contribution in [0.5, 0.6) is 0 Å². The van der Waals surface area contributed by atoms with E-state index < -0.39 is 0 Å². The van der Waals surface area contributed by atoms with Crippen LogP contribution in [-0.4, -0.2) is 15.6 Å². The van der Waals surface area contributed by atoms with Crippen molar-refractivity contribution in [2.75, 3.05) is 0 Å². The molecule has 2 rings (SSSR count). The van der Waals surface area contributed by atoms with Crippen molar-refractivity contribution in [3.63, 3.8) is 0 Å². The van der Waals surface area contributed by atoms with E-state index in [-0.39, 0.29) is 0 Å². The van der Waals surface area contributed by atoms with Crippen molar-refractivity contribution in [2.45, 2.75) is 25.4 Å². The lowest BCUT2D eigenvalue weighted by atomic mass is 10.1. The Labute approximate surface area is 59.9 Å². The van der Waals surface area contributed by atoms with E-state index in [2.05, 4.69) is 9.55 Å². The van der Waals surface area contributed by atoms with E-state index in [4.69, 9.17) is 5.73 Å². The molecule has 0 radical (unpaired) electrons. The zero-order valence-corrected chi connectivity index (χ0v) is 5.83. The van der Waals surface area contributed by atoms with Crippen molar-refractivity contribution in [2.24, 2.45) is 5.73 Å². The number of hydrogen-bond acceptors (Lipinski definition) is 2. The van der Waals surface area contributed by atoms with Gasteiger partial charge in [0.25, 0.3) is 0 Å². The van der Waals surface area contributed by atoms with Gasteiger partial charge in [-0.1, -0.05) is 0 Å². The summed E-state index contributed by atoms with van der Waals surface area (Å²) in [7, 11) is 0. The Balaban J connectivity index is 2.30. The van der Waals surface area contributed by atoms with Crippen LogP contribution in [0.1, 0.15) is 12.1 Å². The number of imidazole rings is 1. The predicted molar refractivity (Wildman–Crippen MR) is 38.5 cm³/mol. The number of rotatable bonds is 0. The molecule has 10 heavy (non-hydrogen) atoms. The molecule has 1 atom stereocenters. The smallest absolute Gasteiger partial charge is 0.0948 e. The van der Waals surface area contributed by atoms with E-state index in [1.54, 1.807) is 0 Å². The maximum Gasteiger partial charge on any atom is 0.0948 e. The molecule has 2 heterocycles. The second-order valence-corrected chi connectivity index (χ2v) is 2.84. The van der Waals surface area contributed by atoms with Gasteiger partial charge in [-0.15, -0.1) is 0 Å². The van der Waals surface area contributed by atoms with Crippen LogP contribution >= 0.6 is 0 Å². The minimum Gasteiger partial charge on any atom is -0.333 e. The molecule has 3 heteroatoms. The summed E-state index contributed by atoms with van der Waals surface area (Å²) in [5.41, 5.74) is 7.08. The van der Waals surface area contributed by atoms with Gasteiger partial charge in [0.2, 0.25) is 0 Å². The molecule has 0 bridgehead atoms. The van der Waals surface area contributed by atoms with Crippen LogP contribution in [0.2, 0.25) is 0 Å². The SMILES string of the molecule is NC1CCc2cncn2C1. The Kier molecular flexibility index (Phi) is 1.24. The molecule has 1 unspecified atom stereocenters. The van der Waals surface area contributed by atoms with Gasteiger partial charge in [-0.05, 0) is 12.8 Å². The lowest BCUT2D eigenvalue weighted by molar-refractivity contribution is 0.460. The van der Waals surface area contributed by atoms with Crippen LogP contribution in [0, 0.1) is 0 Å². The molecule has 1 aliphatic heterocycles. The van der Waals surface area contributed by atoms with Crippen LogP contribution in [0.15, 0.2) is 12.5 Å². The fraction of sp³-hybridized carbons (Fsp3) is 0.571. The Morgan fingerprint density at radius 2 is 2.60 bits per heavy atom. The van der Waals surface area contributed by atoms with Crippen molar-refractivity contribution >= 4 is 0 Å². The number of nitrogens with zero attached hydrogens (tertiary/aromatic N) is 2. The van der Waals surface area contributed by atoms with Gasteiger partial charge in [0, 0.05) is 24.5 Å². The Morgan fingerprint density at radius 1 is 1.70 bits per heavy atom. The molecule has 0 spiro atoms. The third kappa shape index (κ3) is 0.827. The summed E-state index contributed by atoms with van der Waals surface area (Å²) < 4.78 is 2.13. The monoisotopic (exact) mass is 137 g/mol. The number of aromatic nitrogens is 2. The number of hydrogen-bond donors (Lipinski definition) is 1. The van der Waals surface area contributed by atoms with E-state index in [1.165, 1.54) is 5.69 Å². The first-order valence-electron chi connectivity index (χ1n) is 3.61. The number of fused-ring (bicyclic) bond motifs is 1. The van der Waals surface area contributed by atoms with Gasteiger partial charge in [-0.25, -0.2) is 4.98 Å². The third-order valence-corrected chi connectivity index (χ3v) is 2.00. The van der Waals surface area contributed by atoms with Crippen molar-refractivity contribution in [1.29, 1.82) is 0 Å². The minimum absolute atomic E-state index is 0.335. The molecular weight excluding hydrogens is 126 g/mol. The normalized spacial score (nSPS) is 24.3. The summed E-state index contributed by atoms with van der Waals surface area (Å²) in [6, 6.07) is 0.335. The van der Waals surface area contributed by atoms with E-state index in [0.717, 1.165) is 19.4 Å². The molecule has 0 amide bonds. The molecule has 0 saturated carbocycles. The van der Waals surface area contributed by atoms with Gasteiger partial charge in [0.15, 0.2) is 0 Å². The third-order valence-electron chi connectivity index (χ3n) is 2.00. The fourth-order valence-electron chi connectivity index (χ4n) is 1.40. The quantitative estimate of drug-likeness (QED) is 0.553. The Bertz CT molecular complexity index is 229. The van der Waals surface area contributed by atoms with Gasteiger partial charge in [0.1, 0.15) is 0 Å². The Morgan fingerprint density at radius 3 is 3.50 bits per heavy atom. The first-order valence-corrected chi connectivity index (χ1v) is 3.61. The summed E-state index contributed by atoms with van der Waals surface area (Å²) in [5.74, 6) is 0. The van der Waals surface area contributed by atoms with Gasteiger partial charge in [-0.2, -0.15) is 0 Å². The highest BCUT2D eigenvalue weighted by atomic mass is 15.1. The second kappa shape index (κ2) is 2.09. The summed E-state index contributed by atoms with van der Waals surface area (Å²) >= 11 is 0. The average Bonchev–Trinajstić information content (AvgIpc) is 2.33. The minimum atomic E-state index is 0.335. The average molecular weight is 137 g/mol. The largest absolute Gasteiger partial charge is 0.333 e. The standard InChI is InChI=1S/C7H11N3/c8-6-1-2-7-3-9-5-10(7)4-6/h3,5-6H,1-2,4,8H2. The molecule has 1 aromatic heterocycles. The summed E-state index contributed by atoms with van der Waals surface area (Å²) in [6.45, 7) is 0.940. The van der Waals surface area contributed by atoms with Crippen LogP contribution < -0.4 is 5.73 Å². The van der Waals surface area contributed by atoms with E-state index in [9.17, 15) is 0 Å². The molecule has 1 aromatic rings. The van der Waals surface area contributed by atoms with Crippen molar-refractivity contribution < 1.29 is 0 Å². The van der Waals surface area contributed by atoms with Crippen molar-refractivity contribution in [3.05, 3.63) is 18.2 Å². The highest BCUT2D eigenvalue weighted by molar-refractivity contribution is 5.02. The van der Waals surface area contributed by atoms with Crippen molar-refractivity contribution in [3.8, 4) is 0 Å². The van der Waals surface area contributed by atoms with E-state index >= 15 is 0 Å². The zero-order valence-electron chi connectivity index (χ0n) is 5.83. The van der Waals surface area contributed by atoms with Gasteiger partial charge >= 0.3 is 0 Å². The molecular formula is C7H11N3. The highest BCUT2D eigenvalue weighted by Crippen LogP contribution is 2.11. The van der Waals surface area contributed by atoms with Crippen LogP contribution in [0.4, 0.5) is 0 Å². The van der Waals surface area contributed by atoms with Crippen LogP contribution in [0.3, 0.4) is 0 Å². The Hall–Kier alpha value is -0.830. The van der Waals surface area contributed by atoms with Crippen molar-refractivity contribution in [1.82, 2.24) is 9.55 Å². The molecule has 0 aliphatic carbocycles. The molecule has 2 N–H and O–H groups in total. The molecule has 3 nitrogen and oxygen atoms in total. The lowest BCUT2D eigenvalue weighted by Crippen LogP contribution is -2.31. The number of aryl methyl sites for hydroxylation is 1. The first kappa shape index (κ1) is 5.92. The number of nitrogens with two attached hydrogens (primary N) is 1. The fourth-order valence-corrected chi connectivity index (χ4v) is 1.40. The van der Waals surface area contributed by atoms with Crippen LogP contribution in [0.25, 0.3) is 0 Å². The summed E-state index contributed by atoms with van der Waals surface area (Å²) in [5, 5.41) is 0. The maximum atomic E-state index is 5.76. The van der Waals surface area contributed by atoms with Gasteiger partial charge in [-0.3, -0.25) is 0 Å². The topological polar surface area (TPSA) is 43.8 Å².